The van der Waals surface area contributed by atoms with Crippen LogP contribution >= 0.6 is 0 Å². The molecule has 0 saturated carbocycles. The number of anilines is 2. The first-order valence-corrected chi connectivity index (χ1v) is 10.6. The third-order valence-corrected chi connectivity index (χ3v) is 6.13. The van der Waals surface area contributed by atoms with Gasteiger partial charge in [0.15, 0.2) is 0 Å². The first-order valence-electron chi connectivity index (χ1n) is 10.6. The molecule has 12 heteroatoms. The highest BCUT2D eigenvalue weighted by Gasteiger charge is 2.38. The van der Waals surface area contributed by atoms with Gasteiger partial charge in [-0.05, 0) is 19.1 Å². The van der Waals surface area contributed by atoms with Gasteiger partial charge < -0.3 is 19.3 Å². The lowest BCUT2D eigenvalue weighted by Crippen LogP contribution is -2.54. The molecule has 3 aliphatic rings. The van der Waals surface area contributed by atoms with E-state index in [1.165, 1.54) is 6.07 Å². The lowest BCUT2D eigenvalue weighted by molar-refractivity contribution is -0.141. The molecule has 5 rings (SSSR count). The minimum Gasteiger partial charge on any atom is -0.442 e. The van der Waals surface area contributed by atoms with Crippen molar-refractivity contribution in [2.75, 3.05) is 43.1 Å². The largest absolute Gasteiger partial charge is 0.442 e. The number of hydrogen-bond donors (Lipinski definition) is 0. The van der Waals surface area contributed by atoms with Gasteiger partial charge in [-0.1, -0.05) is 0 Å². The Morgan fingerprint density at radius 1 is 1.09 bits per heavy atom. The van der Waals surface area contributed by atoms with Gasteiger partial charge in [0, 0.05) is 37.6 Å². The number of methoxy groups -OCH3 is 1. The van der Waals surface area contributed by atoms with Gasteiger partial charge >= 0.3 is 12.3 Å². The molecule has 0 radical (unpaired) electrons. The smallest absolute Gasteiger partial charge is 0.433 e. The van der Waals surface area contributed by atoms with Gasteiger partial charge in [-0.25, -0.2) is 14.8 Å². The molecule has 2 aromatic rings. The van der Waals surface area contributed by atoms with Gasteiger partial charge in [-0.2, -0.15) is 13.2 Å². The normalized spacial score (nSPS) is 18.8. The highest BCUT2D eigenvalue weighted by molar-refractivity contribution is 5.70. The first kappa shape index (κ1) is 21.7. The number of ether oxygens (including phenoxy) is 2. The Morgan fingerprint density at radius 3 is 2.52 bits per heavy atom. The summed E-state index contributed by atoms with van der Waals surface area (Å²) in [5.41, 5.74) is 1.18. The van der Waals surface area contributed by atoms with Crippen molar-refractivity contribution in [1.29, 1.82) is 0 Å². The van der Waals surface area contributed by atoms with Gasteiger partial charge in [-0.3, -0.25) is 9.88 Å². The van der Waals surface area contributed by atoms with E-state index in [0.29, 0.717) is 37.7 Å². The molecule has 3 aliphatic heterocycles. The molecule has 1 amide bonds. The maximum Gasteiger partial charge on any atom is 0.433 e. The quantitative estimate of drug-likeness (QED) is 0.682. The Bertz CT molecular complexity index is 1070. The highest BCUT2D eigenvalue weighted by atomic mass is 19.4. The maximum absolute atomic E-state index is 12.9. The van der Waals surface area contributed by atoms with E-state index in [-0.39, 0.29) is 6.10 Å². The summed E-state index contributed by atoms with van der Waals surface area (Å²) in [5.74, 6) is 1.47. The first-order chi connectivity index (χ1) is 15.7. The zero-order valence-electron chi connectivity index (χ0n) is 18.2. The average molecular weight is 464 g/mol. The number of halogens is 3. The molecule has 0 spiro atoms. The third-order valence-electron chi connectivity index (χ3n) is 6.13. The number of nitrogens with zero attached hydrogens (tertiary/aromatic N) is 6. The van der Waals surface area contributed by atoms with Crippen LogP contribution in [0, 0.1) is 6.92 Å². The fourth-order valence-electron chi connectivity index (χ4n) is 4.22. The van der Waals surface area contributed by atoms with E-state index in [2.05, 4.69) is 19.9 Å². The number of fused-ring (bicyclic) bond motifs is 1. The van der Waals surface area contributed by atoms with Crippen molar-refractivity contribution in [3.05, 3.63) is 41.1 Å². The van der Waals surface area contributed by atoms with Crippen LogP contribution in [0.15, 0.2) is 18.3 Å². The summed E-state index contributed by atoms with van der Waals surface area (Å²) in [6.07, 6.45) is -4.06. The van der Waals surface area contributed by atoms with Crippen molar-refractivity contribution in [3.63, 3.8) is 0 Å². The van der Waals surface area contributed by atoms with E-state index in [1.54, 1.807) is 16.9 Å². The van der Waals surface area contributed by atoms with Crippen molar-refractivity contribution in [2.24, 2.45) is 0 Å². The molecule has 0 N–H and O–H groups in total. The molecule has 9 nitrogen and oxygen atoms in total. The standard InChI is InChI=1S/C21H23F3N6O3/c1-12-26-17-11-30(10-16(17)19(27-12)29-6-14(7-29)32-2)20(31)33-15-8-28(9-15)13-3-4-25-18(5-13)21(22,23)24/h3-5,14-15H,6-11H2,1-2H3. The van der Waals surface area contributed by atoms with E-state index < -0.39 is 24.1 Å². The number of aromatic nitrogens is 3. The molecule has 0 bridgehead atoms. The topological polar surface area (TPSA) is 83.9 Å². The number of amides is 1. The Kier molecular flexibility index (Phi) is 5.26. The molecule has 33 heavy (non-hydrogen) atoms. The Morgan fingerprint density at radius 2 is 1.82 bits per heavy atom. The van der Waals surface area contributed by atoms with Crippen LogP contribution in [0.2, 0.25) is 0 Å². The highest BCUT2D eigenvalue weighted by Crippen LogP contribution is 2.34. The Balaban J connectivity index is 1.18. The van der Waals surface area contributed by atoms with Crippen LogP contribution in [0.4, 0.5) is 29.5 Å². The van der Waals surface area contributed by atoms with Gasteiger partial charge in [0.25, 0.3) is 0 Å². The SMILES string of the molecule is COC1CN(c2nc(C)nc3c2CN(C(=O)OC2CN(c4ccnc(C(F)(F)F)c4)C2)C3)C1. The van der Waals surface area contributed by atoms with Crippen LogP contribution in [-0.2, 0) is 28.7 Å². The molecule has 5 heterocycles. The van der Waals surface area contributed by atoms with Crippen molar-refractivity contribution < 1.29 is 27.4 Å². The van der Waals surface area contributed by atoms with E-state index in [0.717, 1.165) is 42.4 Å². The van der Waals surface area contributed by atoms with Gasteiger partial charge in [-0.15, -0.1) is 0 Å². The van der Waals surface area contributed by atoms with Crippen LogP contribution in [-0.4, -0.2) is 71.4 Å². The van der Waals surface area contributed by atoms with Crippen LogP contribution in [0.25, 0.3) is 0 Å². The zero-order chi connectivity index (χ0) is 23.3. The molecule has 2 fully saturated rings. The number of hydrogen-bond acceptors (Lipinski definition) is 8. The molecule has 0 aromatic carbocycles. The molecule has 2 aromatic heterocycles. The van der Waals surface area contributed by atoms with Gasteiger partial charge in [0.1, 0.15) is 23.4 Å². The second-order valence-corrected chi connectivity index (χ2v) is 8.45. The summed E-state index contributed by atoms with van der Waals surface area (Å²) in [6, 6.07) is 2.51. The summed E-state index contributed by atoms with van der Waals surface area (Å²) < 4.78 is 49.6. The summed E-state index contributed by atoms with van der Waals surface area (Å²) in [4.78, 5) is 30.6. The third kappa shape index (κ3) is 4.14. The number of carbonyl (C=O) groups is 1. The minimum absolute atomic E-state index is 0.174. The number of aryl methyl sites for hydroxylation is 1. The van der Waals surface area contributed by atoms with Crippen molar-refractivity contribution in [1.82, 2.24) is 19.9 Å². The van der Waals surface area contributed by atoms with Crippen molar-refractivity contribution in [2.45, 2.75) is 38.4 Å². The molecule has 0 aliphatic carbocycles. The summed E-state index contributed by atoms with van der Waals surface area (Å²) in [5, 5.41) is 0. The fraction of sp³-hybridized carbons (Fsp3) is 0.524. The van der Waals surface area contributed by atoms with Crippen LogP contribution in [0.5, 0.6) is 0 Å². The van der Waals surface area contributed by atoms with Gasteiger partial charge in [0.2, 0.25) is 0 Å². The van der Waals surface area contributed by atoms with Crippen molar-refractivity contribution in [3.8, 4) is 0 Å². The van der Waals surface area contributed by atoms with Crippen LogP contribution < -0.4 is 9.80 Å². The number of pyridine rings is 1. The second kappa shape index (κ2) is 8.01. The molecule has 0 unspecified atom stereocenters. The lowest BCUT2D eigenvalue weighted by Gasteiger charge is -2.40. The van der Waals surface area contributed by atoms with E-state index in [9.17, 15) is 18.0 Å². The van der Waals surface area contributed by atoms with E-state index in [4.69, 9.17) is 9.47 Å². The summed E-state index contributed by atoms with van der Waals surface area (Å²) >= 11 is 0. The zero-order valence-corrected chi connectivity index (χ0v) is 18.2. The summed E-state index contributed by atoms with van der Waals surface area (Å²) in [7, 11) is 1.68. The lowest BCUT2D eigenvalue weighted by atomic mass is 10.1. The predicted molar refractivity (Wildman–Crippen MR) is 111 cm³/mol. The molecular weight excluding hydrogens is 441 g/mol. The minimum atomic E-state index is -4.50. The van der Waals surface area contributed by atoms with Crippen LogP contribution in [0.1, 0.15) is 22.8 Å². The Labute approximate surface area is 188 Å². The summed E-state index contributed by atoms with van der Waals surface area (Å²) in [6.45, 7) is 4.65. The van der Waals surface area contributed by atoms with Crippen LogP contribution in [0.3, 0.4) is 0 Å². The fourth-order valence-corrected chi connectivity index (χ4v) is 4.22. The van der Waals surface area contributed by atoms with E-state index >= 15 is 0 Å². The predicted octanol–water partition coefficient (Wildman–Crippen LogP) is 2.37. The number of carbonyl (C=O) groups excluding carboxylic acids is 1. The van der Waals surface area contributed by atoms with Crippen molar-refractivity contribution >= 4 is 17.6 Å². The average Bonchev–Trinajstić information content (AvgIpc) is 3.13. The number of alkyl halides is 3. The Hall–Kier alpha value is -3.15. The maximum atomic E-state index is 12.9. The molecular formula is C21H23F3N6O3. The van der Waals surface area contributed by atoms with Gasteiger partial charge in [0.05, 0.1) is 38.0 Å². The molecule has 2 saturated heterocycles. The second-order valence-electron chi connectivity index (χ2n) is 8.45. The monoisotopic (exact) mass is 464 g/mol. The molecule has 176 valence electrons. The van der Waals surface area contributed by atoms with E-state index in [1.807, 2.05) is 6.92 Å². The number of rotatable bonds is 4. The molecule has 0 atom stereocenters.